The van der Waals surface area contributed by atoms with Gasteiger partial charge in [0.1, 0.15) is 10.6 Å². The van der Waals surface area contributed by atoms with Crippen LogP contribution in [0.5, 0.6) is 5.75 Å². The molecule has 0 atom stereocenters. The Morgan fingerprint density at radius 3 is 2.00 bits per heavy atom. The normalized spacial score (nSPS) is 11.6. The summed E-state index contributed by atoms with van der Waals surface area (Å²) in [6.45, 7) is 4.10. The van der Waals surface area contributed by atoms with Crippen LogP contribution in [0.25, 0.3) is 0 Å². The summed E-state index contributed by atoms with van der Waals surface area (Å²) >= 11 is 0. The molecule has 0 aliphatic carbocycles. The van der Waals surface area contributed by atoms with Gasteiger partial charge in [-0.1, -0.05) is 26.0 Å². The molecule has 0 saturated heterocycles. The molecule has 0 unspecified atom stereocenters. The first-order valence-corrected chi connectivity index (χ1v) is 7.69. The molecule has 0 saturated carbocycles. The third kappa shape index (κ3) is 3.30. The molecule has 2 aromatic carbocycles. The van der Waals surface area contributed by atoms with Crippen LogP contribution in [0.15, 0.2) is 53.4 Å². The van der Waals surface area contributed by atoms with Crippen molar-refractivity contribution in [3.8, 4) is 5.75 Å². The van der Waals surface area contributed by atoms with Gasteiger partial charge in [-0.25, -0.2) is 0 Å². The fourth-order valence-electron chi connectivity index (χ4n) is 1.72. The largest absolute Gasteiger partial charge is 0.399 e. The van der Waals surface area contributed by atoms with Crippen molar-refractivity contribution in [3.05, 3.63) is 54.1 Å². The Morgan fingerprint density at radius 1 is 0.950 bits per heavy atom. The van der Waals surface area contributed by atoms with E-state index in [2.05, 4.69) is 0 Å². The molecule has 4 nitrogen and oxygen atoms in total. The van der Waals surface area contributed by atoms with Crippen LogP contribution in [-0.2, 0) is 10.1 Å². The van der Waals surface area contributed by atoms with E-state index in [1.165, 1.54) is 12.1 Å². The summed E-state index contributed by atoms with van der Waals surface area (Å²) in [6.07, 6.45) is 0. The summed E-state index contributed by atoms with van der Waals surface area (Å²) in [7, 11) is -3.81. The molecule has 0 amide bonds. The summed E-state index contributed by atoms with van der Waals surface area (Å²) in [6, 6.07) is 12.9. The fourth-order valence-corrected chi connectivity index (χ4v) is 2.65. The zero-order chi connectivity index (χ0) is 14.8. The van der Waals surface area contributed by atoms with Crippen LogP contribution in [0.3, 0.4) is 0 Å². The highest BCUT2D eigenvalue weighted by Gasteiger charge is 2.16. The summed E-state index contributed by atoms with van der Waals surface area (Å²) in [4.78, 5) is 0.138. The van der Waals surface area contributed by atoms with Crippen molar-refractivity contribution in [1.82, 2.24) is 0 Å². The van der Waals surface area contributed by atoms with E-state index in [4.69, 9.17) is 9.92 Å². The molecule has 2 aromatic rings. The van der Waals surface area contributed by atoms with Crippen LogP contribution in [0, 0.1) is 0 Å². The van der Waals surface area contributed by atoms with E-state index in [0.29, 0.717) is 11.6 Å². The first-order chi connectivity index (χ1) is 9.38. The molecule has 2 rings (SSSR count). The molecule has 0 aliphatic rings. The lowest BCUT2D eigenvalue weighted by atomic mass is 10.0. The lowest BCUT2D eigenvalue weighted by molar-refractivity contribution is 0.486. The van der Waals surface area contributed by atoms with Gasteiger partial charge in [0.2, 0.25) is 0 Å². The number of anilines is 1. The van der Waals surface area contributed by atoms with Gasteiger partial charge in [-0.15, -0.1) is 0 Å². The number of nitrogens with two attached hydrogens (primary N) is 1. The zero-order valence-corrected chi connectivity index (χ0v) is 12.2. The van der Waals surface area contributed by atoms with Gasteiger partial charge >= 0.3 is 10.1 Å². The topological polar surface area (TPSA) is 69.4 Å². The maximum Gasteiger partial charge on any atom is 0.339 e. The Morgan fingerprint density at radius 2 is 1.50 bits per heavy atom. The highest BCUT2D eigenvalue weighted by molar-refractivity contribution is 7.87. The van der Waals surface area contributed by atoms with Crippen LogP contribution in [0.1, 0.15) is 25.3 Å². The van der Waals surface area contributed by atoms with Crippen molar-refractivity contribution in [2.45, 2.75) is 24.7 Å². The second-order valence-corrected chi connectivity index (χ2v) is 6.38. The highest BCUT2D eigenvalue weighted by Crippen LogP contribution is 2.21. The molecule has 2 N–H and O–H groups in total. The van der Waals surface area contributed by atoms with E-state index in [0.717, 1.165) is 5.56 Å². The van der Waals surface area contributed by atoms with E-state index < -0.39 is 10.1 Å². The average molecular weight is 291 g/mol. The van der Waals surface area contributed by atoms with Crippen molar-refractivity contribution in [2.24, 2.45) is 0 Å². The molecular formula is C15H17NO3S. The van der Waals surface area contributed by atoms with Crippen molar-refractivity contribution >= 4 is 15.8 Å². The molecule has 0 aliphatic heterocycles. The maximum atomic E-state index is 12.1. The summed E-state index contributed by atoms with van der Waals surface area (Å²) in [5.74, 6) is 0.594. The first-order valence-electron chi connectivity index (χ1n) is 6.28. The van der Waals surface area contributed by atoms with Crippen LogP contribution < -0.4 is 9.92 Å². The zero-order valence-electron chi connectivity index (χ0n) is 11.4. The summed E-state index contributed by atoms with van der Waals surface area (Å²) in [5, 5.41) is 0. The van der Waals surface area contributed by atoms with Gasteiger partial charge in [0.25, 0.3) is 0 Å². The molecule has 0 heterocycles. The van der Waals surface area contributed by atoms with E-state index in [1.54, 1.807) is 36.4 Å². The van der Waals surface area contributed by atoms with E-state index in [9.17, 15) is 8.42 Å². The van der Waals surface area contributed by atoms with Crippen molar-refractivity contribution in [3.63, 3.8) is 0 Å². The SMILES string of the molecule is CC(C)c1ccc(S(=O)(=O)Oc2ccc(N)cc2)cc1. The van der Waals surface area contributed by atoms with Crippen LogP contribution in [0.4, 0.5) is 5.69 Å². The Labute approximate surface area is 119 Å². The molecule has 0 bridgehead atoms. The number of nitrogen functional groups attached to an aromatic ring is 1. The van der Waals surface area contributed by atoms with Crippen LogP contribution >= 0.6 is 0 Å². The molecule has 0 aromatic heterocycles. The molecule has 0 fully saturated rings. The Hall–Kier alpha value is -2.01. The van der Waals surface area contributed by atoms with Crippen molar-refractivity contribution in [2.75, 3.05) is 5.73 Å². The smallest absolute Gasteiger partial charge is 0.339 e. The molecule has 0 spiro atoms. The minimum Gasteiger partial charge on any atom is -0.399 e. The maximum absolute atomic E-state index is 12.1. The molecule has 0 radical (unpaired) electrons. The quantitative estimate of drug-likeness (QED) is 0.694. The van der Waals surface area contributed by atoms with Crippen molar-refractivity contribution < 1.29 is 12.6 Å². The number of hydrogen-bond donors (Lipinski definition) is 1. The Balaban J connectivity index is 2.23. The second-order valence-electron chi connectivity index (χ2n) is 4.83. The van der Waals surface area contributed by atoms with Gasteiger partial charge in [0, 0.05) is 5.69 Å². The van der Waals surface area contributed by atoms with E-state index in [1.807, 2.05) is 13.8 Å². The number of rotatable bonds is 4. The lowest BCUT2D eigenvalue weighted by Gasteiger charge is -2.09. The van der Waals surface area contributed by atoms with Crippen molar-refractivity contribution in [1.29, 1.82) is 0 Å². The first kappa shape index (κ1) is 14.4. The standard InChI is InChI=1S/C15H17NO3S/c1-11(2)12-3-9-15(10-4-12)20(17,18)19-14-7-5-13(16)6-8-14/h3-11H,16H2,1-2H3. The molecule has 20 heavy (non-hydrogen) atoms. The van der Waals surface area contributed by atoms with E-state index in [-0.39, 0.29) is 10.6 Å². The third-order valence-electron chi connectivity index (χ3n) is 2.92. The van der Waals surface area contributed by atoms with Gasteiger partial charge in [-0.2, -0.15) is 8.42 Å². The minimum absolute atomic E-state index is 0.138. The van der Waals surface area contributed by atoms with Crippen LogP contribution in [-0.4, -0.2) is 8.42 Å². The molecule has 106 valence electrons. The fraction of sp³-hybridized carbons (Fsp3) is 0.200. The van der Waals surface area contributed by atoms with Gasteiger partial charge < -0.3 is 9.92 Å². The highest BCUT2D eigenvalue weighted by atomic mass is 32.2. The molecular weight excluding hydrogens is 274 g/mol. The van der Waals surface area contributed by atoms with Gasteiger partial charge in [0.05, 0.1) is 0 Å². The predicted octanol–water partition coefficient (Wildman–Crippen LogP) is 3.16. The van der Waals surface area contributed by atoms with Crippen LogP contribution in [0.2, 0.25) is 0 Å². The minimum atomic E-state index is -3.81. The van der Waals surface area contributed by atoms with Gasteiger partial charge in [-0.3, -0.25) is 0 Å². The Kier molecular flexibility index (Phi) is 3.99. The van der Waals surface area contributed by atoms with Gasteiger partial charge in [-0.05, 0) is 47.9 Å². The lowest BCUT2D eigenvalue weighted by Crippen LogP contribution is -2.09. The summed E-state index contributed by atoms with van der Waals surface area (Å²) in [5.41, 5.74) is 7.17. The monoisotopic (exact) mass is 291 g/mol. The Bertz CT molecular complexity index is 674. The third-order valence-corrected chi connectivity index (χ3v) is 4.18. The van der Waals surface area contributed by atoms with Gasteiger partial charge in [0.15, 0.2) is 0 Å². The predicted molar refractivity (Wildman–Crippen MR) is 79.2 cm³/mol. The average Bonchev–Trinajstić information content (AvgIpc) is 2.41. The van der Waals surface area contributed by atoms with E-state index >= 15 is 0 Å². The number of benzene rings is 2. The molecule has 5 heteroatoms. The summed E-state index contributed by atoms with van der Waals surface area (Å²) < 4.78 is 29.3. The second kappa shape index (κ2) is 5.54. The number of hydrogen-bond acceptors (Lipinski definition) is 4.